The number of pyridine rings is 3. The zero-order chi connectivity index (χ0) is 25.7. The second-order valence-corrected chi connectivity index (χ2v) is 10.1. The third-order valence-corrected chi connectivity index (χ3v) is 7.58. The maximum atomic E-state index is 13.3. The van der Waals surface area contributed by atoms with Crippen LogP contribution >= 0.6 is 0 Å². The third-order valence-electron chi connectivity index (χ3n) is 7.58. The standard InChI is InChI=1S/C29H25N7O2/c1-2-38-20-10-11-23(32-15-20)25-34-35-27(36(25)19-7-4-3-5-8-19)28-16-29(17-28,18-28)33-26(37)21-12-14-30-22-9-6-13-31-24(21)22/h3-15H,2,16-18H2,1H3,(H,33,37). The Hall–Kier alpha value is -4.66. The number of benzene rings is 1. The molecule has 38 heavy (non-hydrogen) atoms. The summed E-state index contributed by atoms with van der Waals surface area (Å²) < 4.78 is 7.66. The molecule has 0 atom stereocenters. The summed E-state index contributed by atoms with van der Waals surface area (Å²) in [5.41, 5.74) is 3.19. The predicted molar refractivity (Wildman–Crippen MR) is 141 cm³/mol. The number of nitrogens with one attached hydrogen (secondary N) is 1. The fourth-order valence-corrected chi connectivity index (χ4v) is 6.01. The van der Waals surface area contributed by atoms with Crippen LogP contribution in [0.2, 0.25) is 0 Å². The van der Waals surface area contributed by atoms with Crippen LogP contribution in [0.15, 0.2) is 79.3 Å². The number of nitrogens with zero attached hydrogens (tertiary/aromatic N) is 6. The first-order valence-electron chi connectivity index (χ1n) is 12.7. The van der Waals surface area contributed by atoms with Crippen molar-refractivity contribution in [1.82, 2.24) is 35.0 Å². The predicted octanol–water partition coefficient (Wildman–Crippen LogP) is 4.28. The van der Waals surface area contributed by atoms with Crippen LogP contribution in [0.3, 0.4) is 0 Å². The number of carbonyl (C=O) groups excluding carboxylic acids is 1. The lowest BCUT2D eigenvalue weighted by Gasteiger charge is -2.69. The first-order chi connectivity index (χ1) is 18.6. The van der Waals surface area contributed by atoms with Crippen molar-refractivity contribution in [3.8, 4) is 23.0 Å². The number of aromatic nitrogens is 6. The highest BCUT2D eigenvalue weighted by Gasteiger charge is 2.71. The minimum atomic E-state index is -0.244. The molecule has 0 unspecified atom stereocenters. The van der Waals surface area contributed by atoms with Gasteiger partial charge in [-0.2, -0.15) is 0 Å². The van der Waals surface area contributed by atoms with Crippen molar-refractivity contribution in [2.75, 3.05) is 6.61 Å². The van der Waals surface area contributed by atoms with E-state index in [9.17, 15) is 4.79 Å². The number of ether oxygens (including phenoxy) is 1. The summed E-state index contributed by atoms with van der Waals surface area (Å²) in [5, 5.41) is 12.6. The van der Waals surface area contributed by atoms with E-state index in [0.29, 0.717) is 29.0 Å². The monoisotopic (exact) mass is 503 g/mol. The van der Waals surface area contributed by atoms with Crippen molar-refractivity contribution >= 4 is 16.9 Å². The molecule has 9 heteroatoms. The SMILES string of the molecule is CCOc1ccc(-c2nnc(C34CC(NC(=O)c5ccnc6cccnc56)(C3)C4)n2-c2ccccc2)nc1. The van der Waals surface area contributed by atoms with Crippen molar-refractivity contribution in [3.05, 3.63) is 90.6 Å². The molecule has 1 aromatic carbocycles. The van der Waals surface area contributed by atoms with Crippen LogP contribution in [0.1, 0.15) is 42.4 Å². The minimum Gasteiger partial charge on any atom is -0.492 e. The van der Waals surface area contributed by atoms with Crippen molar-refractivity contribution in [3.63, 3.8) is 0 Å². The third kappa shape index (κ3) is 3.46. The van der Waals surface area contributed by atoms with E-state index in [1.807, 2.05) is 49.4 Å². The van der Waals surface area contributed by atoms with E-state index in [4.69, 9.17) is 4.74 Å². The first-order valence-corrected chi connectivity index (χ1v) is 12.7. The van der Waals surface area contributed by atoms with Gasteiger partial charge in [-0.15, -0.1) is 10.2 Å². The molecule has 9 nitrogen and oxygen atoms in total. The lowest BCUT2D eigenvalue weighted by atomic mass is 9.39. The molecule has 4 heterocycles. The number of amides is 1. The van der Waals surface area contributed by atoms with Gasteiger partial charge >= 0.3 is 0 Å². The van der Waals surface area contributed by atoms with Gasteiger partial charge in [0.2, 0.25) is 0 Å². The summed E-state index contributed by atoms with van der Waals surface area (Å²) in [6.45, 7) is 2.53. The molecule has 3 aliphatic carbocycles. The molecule has 1 N–H and O–H groups in total. The quantitative estimate of drug-likeness (QED) is 0.353. The molecular weight excluding hydrogens is 478 g/mol. The highest BCUT2D eigenvalue weighted by atomic mass is 16.5. The maximum Gasteiger partial charge on any atom is 0.254 e. The molecule has 0 saturated heterocycles. The van der Waals surface area contributed by atoms with Crippen molar-refractivity contribution in [2.45, 2.75) is 37.1 Å². The van der Waals surface area contributed by atoms with E-state index in [1.165, 1.54) is 0 Å². The van der Waals surface area contributed by atoms with E-state index >= 15 is 0 Å². The van der Waals surface area contributed by atoms with Gasteiger partial charge in [-0.3, -0.25) is 19.3 Å². The lowest BCUT2D eigenvalue weighted by Crippen LogP contribution is -2.77. The summed E-state index contributed by atoms with van der Waals surface area (Å²) in [7, 11) is 0. The molecule has 0 spiro atoms. The van der Waals surface area contributed by atoms with Gasteiger partial charge in [0, 0.05) is 29.0 Å². The smallest absolute Gasteiger partial charge is 0.254 e. The highest BCUT2D eigenvalue weighted by Crippen LogP contribution is 2.67. The van der Waals surface area contributed by atoms with Crippen molar-refractivity contribution < 1.29 is 9.53 Å². The fraction of sp³-hybridized carbons (Fsp3) is 0.241. The van der Waals surface area contributed by atoms with Gasteiger partial charge in [0.1, 0.15) is 22.8 Å². The van der Waals surface area contributed by atoms with Crippen LogP contribution in [0.4, 0.5) is 0 Å². The normalized spacial score (nSPS) is 21.4. The van der Waals surface area contributed by atoms with Gasteiger partial charge in [-0.1, -0.05) is 18.2 Å². The Balaban J connectivity index is 1.17. The Kier molecular flexibility index (Phi) is 5.01. The van der Waals surface area contributed by atoms with Crippen LogP contribution in [0, 0.1) is 0 Å². The van der Waals surface area contributed by atoms with E-state index in [0.717, 1.165) is 42.2 Å². The number of para-hydroxylation sites is 1. The molecule has 1 amide bonds. The summed E-state index contributed by atoms with van der Waals surface area (Å²) in [6, 6.07) is 19.3. The van der Waals surface area contributed by atoms with Crippen LogP contribution < -0.4 is 10.1 Å². The second-order valence-electron chi connectivity index (χ2n) is 10.1. The average Bonchev–Trinajstić information content (AvgIpc) is 3.35. The molecule has 2 bridgehead atoms. The molecule has 8 rings (SSSR count). The Labute approximate surface area is 219 Å². The molecular formula is C29H25N7O2. The number of fused-ring (bicyclic) bond motifs is 1. The number of rotatable bonds is 7. The van der Waals surface area contributed by atoms with Crippen LogP contribution in [0.25, 0.3) is 28.2 Å². The Morgan fingerprint density at radius 1 is 0.947 bits per heavy atom. The number of hydrogen-bond donors (Lipinski definition) is 1. The van der Waals surface area contributed by atoms with Gasteiger partial charge in [-0.25, -0.2) is 4.98 Å². The van der Waals surface area contributed by atoms with Gasteiger partial charge in [0.25, 0.3) is 5.91 Å². The molecule has 3 aliphatic rings. The zero-order valence-corrected chi connectivity index (χ0v) is 20.8. The van der Waals surface area contributed by atoms with E-state index < -0.39 is 0 Å². The van der Waals surface area contributed by atoms with Gasteiger partial charge < -0.3 is 10.1 Å². The summed E-state index contributed by atoms with van der Waals surface area (Å²) >= 11 is 0. The number of carbonyl (C=O) groups is 1. The highest BCUT2D eigenvalue weighted by molar-refractivity contribution is 6.04. The fourth-order valence-electron chi connectivity index (χ4n) is 6.01. The molecule has 0 aliphatic heterocycles. The lowest BCUT2D eigenvalue weighted by molar-refractivity contribution is -0.0873. The van der Waals surface area contributed by atoms with Gasteiger partial charge in [-0.05, 0) is 68.7 Å². The minimum absolute atomic E-state index is 0.117. The summed E-state index contributed by atoms with van der Waals surface area (Å²) in [6.07, 6.45) is 7.48. The molecule has 4 aromatic heterocycles. The largest absolute Gasteiger partial charge is 0.492 e. The molecule has 3 saturated carbocycles. The summed E-state index contributed by atoms with van der Waals surface area (Å²) in [5.74, 6) is 2.19. The Morgan fingerprint density at radius 2 is 1.79 bits per heavy atom. The van der Waals surface area contributed by atoms with Crippen molar-refractivity contribution in [2.24, 2.45) is 0 Å². The Morgan fingerprint density at radius 3 is 2.55 bits per heavy atom. The maximum absolute atomic E-state index is 13.3. The van der Waals surface area contributed by atoms with Crippen LogP contribution in [-0.4, -0.2) is 47.8 Å². The topological polar surface area (TPSA) is 108 Å². The van der Waals surface area contributed by atoms with Gasteiger partial charge in [0.05, 0.1) is 23.9 Å². The molecule has 0 radical (unpaired) electrons. The number of hydrogen-bond acceptors (Lipinski definition) is 7. The Bertz CT molecular complexity index is 1640. The summed E-state index contributed by atoms with van der Waals surface area (Å²) in [4.78, 5) is 26.6. The average molecular weight is 504 g/mol. The second kappa shape index (κ2) is 8.44. The molecule has 188 valence electrons. The van der Waals surface area contributed by atoms with E-state index in [-0.39, 0.29) is 16.9 Å². The van der Waals surface area contributed by atoms with Crippen LogP contribution in [-0.2, 0) is 5.41 Å². The van der Waals surface area contributed by atoms with Gasteiger partial charge in [0.15, 0.2) is 5.82 Å². The zero-order valence-electron chi connectivity index (χ0n) is 20.8. The van der Waals surface area contributed by atoms with Crippen molar-refractivity contribution in [1.29, 1.82) is 0 Å². The van der Waals surface area contributed by atoms with E-state index in [2.05, 4.69) is 47.2 Å². The molecule has 3 fully saturated rings. The molecule has 5 aromatic rings. The first kappa shape index (κ1) is 22.5. The van der Waals surface area contributed by atoms with Crippen LogP contribution in [0.5, 0.6) is 5.75 Å². The van der Waals surface area contributed by atoms with E-state index in [1.54, 1.807) is 24.7 Å².